The number of nitrogens with zero attached hydrogens (tertiary/aromatic N) is 2. The maximum Gasteiger partial charge on any atom is 0.244 e. The fourth-order valence-electron chi connectivity index (χ4n) is 4.39. The number of piperidine rings is 1. The first-order chi connectivity index (χ1) is 12.5. The number of carbonyl (C=O) groups is 2. The van der Waals surface area contributed by atoms with E-state index in [1.807, 2.05) is 11.0 Å². The third-order valence-corrected chi connectivity index (χ3v) is 6.29. The maximum absolute atomic E-state index is 12.6. The van der Waals surface area contributed by atoms with Crippen molar-refractivity contribution in [2.24, 2.45) is 11.8 Å². The van der Waals surface area contributed by atoms with Gasteiger partial charge in [0.15, 0.2) is 0 Å². The van der Waals surface area contributed by atoms with Crippen molar-refractivity contribution in [1.82, 2.24) is 20.6 Å². The summed E-state index contributed by atoms with van der Waals surface area (Å²) in [5, 5.41) is 3.21. The average Bonchev–Trinajstić information content (AvgIpc) is 3.25. The molecule has 3 fully saturated rings. The molecule has 3 aliphatic heterocycles. The minimum Gasteiger partial charge on any atom is -0.412 e. The average molecular weight is 362 g/mol. The van der Waals surface area contributed by atoms with E-state index in [0.29, 0.717) is 17.9 Å². The second-order valence-electron chi connectivity index (χ2n) is 8.32. The first-order valence-electron chi connectivity index (χ1n) is 9.95. The van der Waals surface area contributed by atoms with Crippen LogP contribution >= 0.6 is 0 Å². The van der Waals surface area contributed by atoms with Gasteiger partial charge in [0.25, 0.3) is 0 Å². The number of rotatable bonds is 4. The van der Waals surface area contributed by atoms with Crippen molar-refractivity contribution in [1.29, 1.82) is 0 Å². The Morgan fingerprint density at radius 2 is 1.92 bits per heavy atom. The molecule has 0 radical (unpaired) electrons. The Morgan fingerprint density at radius 3 is 2.58 bits per heavy atom. The van der Waals surface area contributed by atoms with E-state index < -0.39 is 0 Å². The largest absolute Gasteiger partial charge is 0.412 e. The van der Waals surface area contributed by atoms with Crippen molar-refractivity contribution in [3.63, 3.8) is 0 Å². The standard InChI is InChI=1S/C19H30N4O3/c1-12-10-23(15-5-7-22(8-6-15)13(2)24)11-17(12)20-19(25)16-9-18(26-21-16)14-3-4-14/h9,12,14-17,21H,3-8,10-11H2,1-2H3,(H,20,25). The zero-order valence-corrected chi connectivity index (χ0v) is 15.7. The van der Waals surface area contributed by atoms with Crippen molar-refractivity contribution in [2.45, 2.75) is 57.7 Å². The highest BCUT2D eigenvalue weighted by Gasteiger charge is 2.38. The summed E-state index contributed by atoms with van der Waals surface area (Å²) in [7, 11) is 0. The van der Waals surface area contributed by atoms with Crippen LogP contribution in [0.15, 0.2) is 11.8 Å². The molecule has 2 N–H and O–H groups in total. The van der Waals surface area contributed by atoms with Gasteiger partial charge in [-0.2, -0.15) is 0 Å². The molecule has 0 aromatic heterocycles. The van der Waals surface area contributed by atoms with Gasteiger partial charge < -0.3 is 15.1 Å². The van der Waals surface area contributed by atoms with Crippen LogP contribution in [0.1, 0.15) is 39.5 Å². The van der Waals surface area contributed by atoms with Crippen molar-refractivity contribution in [3.8, 4) is 0 Å². The Bertz CT molecular complexity index is 596. The van der Waals surface area contributed by atoms with Gasteiger partial charge in [0, 0.05) is 51.1 Å². The van der Waals surface area contributed by atoms with E-state index in [1.54, 1.807) is 6.92 Å². The van der Waals surface area contributed by atoms with Gasteiger partial charge in [-0.25, -0.2) is 0 Å². The molecule has 0 bridgehead atoms. The van der Waals surface area contributed by atoms with Crippen LogP contribution in [0.2, 0.25) is 0 Å². The SMILES string of the molecule is CC(=O)N1CCC(N2CC(C)C(NC(=O)C3C=C(C4CC4)ON3)C2)CC1. The molecule has 1 aliphatic carbocycles. The third kappa shape index (κ3) is 3.74. The lowest BCUT2D eigenvalue weighted by atomic mass is 10.0. The second-order valence-corrected chi connectivity index (χ2v) is 8.32. The van der Waals surface area contributed by atoms with E-state index in [0.717, 1.165) is 44.8 Å². The number of hydrogen-bond donors (Lipinski definition) is 2. The fourth-order valence-corrected chi connectivity index (χ4v) is 4.39. The summed E-state index contributed by atoms with van der Waals surface area (Å²) < 4.78 is 0. The molecule has 2 amide bonds. The van der Waals surface area contributed by atoms with E-state index in [9.17, 15) is 9.59 Å². The van der Waals surface area contributed by atoms with Gasteiger partial charge in [-0.3, -0.25) is 14.5 Å². The lowest BCUT2D eigenvalue weighted by Gasteiger charge is -2.36. The molecule has 0 aromatic rings. The van der Waals surface area contributed by atoms with Crippen LogP contribution in [-0.4, -0.2) is 65.9 Å². The van der Waals surface area contributed by atoms with Gasteiger partial charge in [-0.1, -0.05) is 6.92 Å². The molecule has 144 valence electrons. The van der Waals surface area contributed by atoms with E-state index >= 15 is 0 Å². The zero-order valence-electron chi connectivity index (χ0n) is 15.7. The first kappa shape index (κ1) is 17.8. The molecule has 3 heterocycles. The summed E-state index contributed by atoms with van der Waals surface area (Å²) in [4.78, 5) is 34.0. The van der Waals surface area contributed by atoms with Crippen LogP contribution in [0, 0.1) is 11.8 Å². The number of likely N-dealkylation sites (tertiary alicyclic amines) is 2. The topological polar surface area (TPSA) is 73.9 Å². The van der Waals surface area contributed by atoms with Crippen molar-refractivity contribution in [3.05, 3.63) is 11.8 Å². The van der Waals surface area contributed by atoms with E-state index in [1.165, 1.54) is 12.8 Å². The van der Waals surface area contributed by atoms with Gasteiger partial charge >= 0.3 is 0 Å². The van der Waals surface area contributed by atoms with E-state index in [2.05, 4.69) is 22.6 Å². The molecule has 3 atom stereocenters. The second kappa shape index (κ2) is 7.19. The summed E-state index contributed by atoms with van der Waals surface area (Å²) in [6.07, 6.45) is 6.32. The van der Waals surface area contributed by atoms with Gasteiger partial charge in [-0.05, 0) is 37.7 Å². The number of amides is 2. The Hall–Kier alpha value is -1.60. The smallest absolute Gasteiger partial charge is 0.244 e. The summed E-state index contributed by atoms with van der Waals surface area (Å²) >= 11 is 0. The van der Waals surface area contributed by atoms with Crippen molar-refractivity contribution in [2.75, 3.05) is 26.2 Å². The van der Waals surface area contributed by atoms with Crippen LogP contribution < -0.4 is 10.8 Å². The molecule has 1 saturated carbocycles. The Kier molecular flexibility index (Phi) is 4.92. The zero-order chi connectivity index (χ0) is 18.3. The van der Waals surface area contributed by atoms with E-state index in [-0.39, 0.29) is 23.9 Å². The third-order valence-electron chi connectivity index (χ3n) is 6.29. The molecule has 3 unspecified atom stereocenters. The Morgan fingerprint density at radius 1 is 1.19 bits per heavy atom. The van der Waals surface area contributed by atoms with Crippen LogP contribution in [0.25, 0.3) is 0 Å². The highest BCUT2D eigenvalue weighted by Crippen LogP contribution is 2.38. The Balaban J connectivity index is 1.27. The number of hydroxylamine groups is 1. The van der Waals surface area contributed by atoms with Crippen molar-refractivity contribution < 1.29 is 14.4 Å². The molecule has 26 heavy (non-hydrogen) atoms. The Labute approximate surface area is 155 Å². The summed E-state index contributed by atoms with van der Waals surface area (Å²) in [5.74, 6) is 2.06. The number of allylic oxidation sites excluding steroid dienone is 1. The molecule has 0 aromatic carbocycles. The van der Waals surface area contributed by atoms with Crippen LogP contribution in [0.3, 0.4) is 0 Å². The molecule has 4 aliphatic rings. The quantitative estimate of drug-likeness (QED) is 0.767. The number of nitrogens with one attached hydrogen (secondary N) is 2. The maximum atomic E-state index is 12.6. The highest BCUT2D eigenvalue weighted by molar-refractivity contribution is 5.84. The molecule has 4 rings (SSSR count). The van der Waals surface area contributed by atoms with E-state index in [4.69, 9.17) is 4.84 Å². The van der Waals surface area contributed by atoms with Gasteiger partial charge in [-0.15, -0.1) is 5.48 Å². The molecule has 7 nitrogen and oxygen atoms in total. The fraction of sp³-hybridized carbons (Fsp3) is 0.789. The van der Waals surface area contributed by atoms with Gasteiger partial charge in [0.05, 0.1) is 0 Å². The van der Waals surface area contributed by atoms with Crippen LogP contribution in [0.4, 0.5) is 0 Å². The summed E-state index contributed by atoms with van der Waals surface area (Å²) in [6.45, 7) is 7.45. The monoisotopic (exact) mass is 362 g/mol. The molecular weight excluding hydrogens is 332 g/mol. The van der Waals surface area contributed by atoms with Gasteiger partial charge in [0.1, 0.15) is 11.8 Å². The minimum atomic E-state index is -0.370. The predicted molar refractivity (Wildman–Crippen MR) is 96.8 cm³/mol. The normalized spacial score (nSPS) is 33.1. The molecule has 2 saturated heterocycles. The molecule has 0 spiro atoms. The van der Waals surface area contributed by atoms with Gasteiger partial charge in [0.2, 0.25) is 11.8 Å². The minimum absolute atomic E-state index is 0.00532. The highest BCUT2D eigenvalue weighted by atomic mass is 16.7. The summed E-state index contributed by atoms with van der Waals surface area (Å²) in [6, 6.07) is 0.323. The number of hydrogen-bond acceptors (Lipinski definition) is 5. The lowest BCUT2D eigenvalue weighted by molar-refractivity contribution is -0.130. The molecular formula is C19H30N4O3. The van der Waals surface area contributed by atoms with Crippen LogP contribution in [-0.2, 0) is 14.4 Å². The van der Waals surface area contributed by atoms with Crippen molar-refractivity contribution >= 4 is 11.8 Å². The lowest BCUT2D eigenvalue weighted by Crippen LogP contribution is -2.49. The summed E-state index contributed by atoms with van der Waals surface area (Å²) in [5.41, 5.74) is 2.85. The predicted octanol–water partition coefficient (Wildman–Crippen LogP) is 0.631. The first-order valence-corrected chi connectivity index (χ1v) is 9.95. The van der Waals surface area contributed by atoms with Crippen LogP contribution in [0.5, 0.6) is 0 Å². The number of carbonyl (C=O) groups excluding carboxylic acids is 2. The molecule has 7 heteroatoms.